The second kappa shape index (κ2) is 6.20. The number of hydrogen-bond donors (Lipinski definition) is 1. The molecule has 1 saturated heterocycles. The number of aliphatic carboxylic acids is 1. The van der Waals surface area contributed by atoms with Gasteiger partial charge in [-0.3, -0.25) is 9.59 Å². The van der Waals surface area contributed by atoms with Gasteiger partial charge in [0.25, 0.3) is 5.91 Å². The Kier molecular flexibility index (Phi) is 4.36. The highest BCUT2D eigenvalue weighted by Crippen LogP contribution is 2.23. The Morgan fingerprint density at radius 1 is 1.45 bits per heavy atom. The predicted octanol–water partition coefficient (Wildman–Crippen LogP) is 1.83. The number of amides is 1. The smallest absolute Gasteiger partial charge is 0.305 e. The van der Waals surface area contributed by atoms with E-state index < -0.39 is 5.97 Å². The Bertz CT molecular complexity index is 562. The molecule has 0 radical (unpaired) electrons. The third-order valence-electron chi connectivity index (χ3n) is 3.51. The van der Waals surface area contributed by atoms with E-state index in [4.69, 9.17) is 10.4 Å². The van der Waals surface area contributed by atoms with Gasteiger partial charge in [-0.1, -0.05) is 12.1 Å². The quantitative estimate of drug-likeness (QED) is 0.906. The van der Waals surface area contributed by atoms with Gasteiger partial charge in [0.05, 0.1) is 18.9 Å². The number of carboxylic acid groups (broad SMARTS) is 1. The molecule has 5 heteroatoms. The minimum atomic E-state index is -0.882. The summed E-state index contributed by atoms with van der Waals surface area (Å²) in [5.41, 5.74) is 1.32. The molecule has 0 spiro atoms. The molecule has 1 heterocycles. The van der Waals surface area contributed by atoms with Crippen LogP contribution < -0.4 is 0 Å². The van der Waals surface area contributed by atoms with Crippen LogP contribution in [-0.2, 0) is 11.2 Å². The SMILES string of the molecule is N#CCc1cccc(C(=O)N2CCC[C@@H]2CC(=O)O)c1. The minimum absolute atomic E-state index is 0.0103. The number of carbonyl (C=O) groups is 2. The molecule has 1 aromatic carbocycles. The molecule has 20 heavy (non-hydrogen) atoms. The standard InChI is InChI=1S/C15H16N2O3/c16-7-6-11-3-1-4-12(9-11)15(20)17-8-2-5-13(17)10-14(18)19/h1,3-4,9,13H,2,5-6,8,10H2,(H,18,19)/t13-/m1/s1. The monoisotopic (exact) mass is 272 g/mol. The average Bonchev–Trinajstić information content (AvgIpc) is 2.86. The topological polar surface area (TPSA) is 81.4 Å². The van der Waals surface area contributed by atoms with Crippen molar-refractivity contribution in [1.29, 1.82) is 5.26 Å². The van der Waals surface area contributed by atoms with Crippen molar-refractivity contribution >= 4 is 11.9 Å². The van der Waals surface area contributed by atoms with Crippen LogP contribution in [0.2, 0.25) is 0 Å². The number of hydrogen-bond acceptors (Lipinski definition) is 3. The molecule has 1 amide bonds. The highest BCUT2D eigenvalue weighted by atomic mass is 16.4. The molecule has 1 fully saturated rings. The zero-order valence-corrected chi connectivity index (χ0v) is 11.1. The maximum atomic E-state index is 12.4. The molecule has 1 aliphatic heterocycles. The number of benzene rings is 1. The molecule has 2 rings (SSSR count). The summed E-state index contributed by atoms with van der Waals surface area (Å²) in [5.74, 6) is -1.03. The van der Waals surface area contributed by atoms with Crippen molar-refractivity contribution < 1.29 is 14.7 Å². The van der Waals surface area contributed by atoms with E-state index in [1.54, 1.807) is 29.2 Å². The van der Waals surface area contributed by atoms with Crippen LogP contribution in [0.5, 0.6) is 0 Å². The number of carbonyl (C=O) groups excluding carboxylic acids is 1. The third kappa shape index (κ3) is 3.15. The molecule has 0 saturated carbocycles. The molecule has 1 aliphatic rings. The van der Waals surface area contributed by atoms with Crippen molar-refractivity contribution in [2.24, 2.45) is 0 Å². The first-order chi connectivity index (χ1) is 9.61. The zero-order valence-electron chi connectivity index (χ0n) is 11.1. The van der Waals surface area contributed by atoms with E-state index in [-0.39, 0.29) is 24.8 Å². The molecule has 1 N–H and O–H groups in total. The summed E-state index contributed by atoms with van der Waals surface area (Å²) in [6, 6.07) is 8.80. The van der Waals surface area contributed by atoms with Gasteiger partial charge in [-0.25, -0.2) is 0 Å². The largest absolute Gasteiger partial charge is 0.481 e. The van der Waals surface area contributed by atoms with Gasteiger partial charge in [0.1, 0.15) is 0 Å². The molecule has 0 aromatic heterocycles. The molecular weight excluding hydrogens is 256 g/mol. The lowest BCUT2D eigenvalue weighted by atomic mass is 10.1. The van der Waals surface area contributed by atoms with E-state index in [1.807, 2.05) is 0 Å². The number of nitrogens with zero attached hydrogens (tertiary/aromatic N) is 2. The van der Waals surface area contributed by atoms with E-state index in [2.05, 4.69) is 6.07 Å². The minimum Gasteiger partial charge on any atom is -0.481 e. The van der Waals surface area contributed by atoms with Gasteiger partial charge in [-0.15, -0.1) is 0 Å². The maximum Gasteiger partial charge on any atom is 0.305 e. The molecule has 0 aliphatic carbocycles. The molecule has 1 aromatic rings. The van der Waals surface area contributed by atoms with Gasteiger partial charge < -0.3 is 10.0 Å². The Morgan fingerprint density at radius 3 is 2.95 bits per heavy atom. The average molecular weight is 272 g/mol. The molecule has 5 nitrogen and oxygen atoms in total. The fraction of sp³-hybridized carbons (Fsp3) is 0.400. The van der Waals surface area contributed by atoms with Gasteiger partial charge >= 0.3 is 5.97 Å². The number of likely N-dealkylation sites (tertiary alicyclic amines) is 1. The molecular formula is C15H16N2O3. The molecule has 1 atom stereocenters. The highest BCUT2D eigenvalue weighted by molar-refractivity contribution is 5.95. The summed E-state index contributed by atoms with van der Waals surface area (Å²) >= 11 is 0. The summed E-state index contributed by atoms with van der Waals surface area (Å²) in [7, 11) is 0. The van der Waals surface area contributed by atoms with Gasteiger partial charge in [-0.2, -0.15) is 5.26 Å². The van der Waals surface area contributed by atoms with E-state index in [0.29, 0.717) is 12.1 Å². The normalized spacial score (nSPS) is 17.8. The van der Waals surface area contributed by atoms with Gasteiger partial charge in [0, 0.05) is 18.2 Å². The van der Waals surface area contributed by atoms with Crippen molar-refractivity contribution in [3.05, 3.63) is 35.4 Å². The fourth-order valence-corrected chi connectivity index (χ4v) is 2.59. The number of nitriles is 1. The van der Waals surface area contributed by atoms with Crippen molar-refractivity contribution in [2.45, 2.75) is 31.7 Å². The van der Waals surface area contributed by atoms with E-state index in [1.165, 1.54) is 0 Å². The Morgan fingerprint density at radius 2 is 2.25 bits per heavy atom. The first kappa shape index (κ1) is 14.1. The number of rotatable bonds is 4. The fourth-order valence-electron chi connectivity index (χ4n) is 2.59. The van der Waals surface area contributed by atoms with E-state index >= 15 is 0 Å². The van der Waals surface area contributed by atoms with Gasteiger partial charge in [0.15, 0.2) is 0 Å². The molecule has 0 bridgehead atoms. The molecule has 104 valence electrons. The van der Waals surface area contributed by atoms with E-state index in [9.17, 15) is 9.59 Å². The van der Waals surface area contributed by atoms with Crippen LogP contribution in [0.15, 0.2) is 24.3 Å². The summed E-state index contributed by atoms with van der Waals surface area (Å²) < 4.78 is 0. The third-order valence-corrected chi connectivity index (χ3v) is 3.51. The second-order valence-corrected chi connectivity index (χ2v) is 4.93. The lowest BCUT2D eigenvalue weighted by Crippen LogP contribution is -2.36. The lowest BCUT2D eigenvalue weighted by molar-refractivity contribution is -0.137. The summed E-state index contributed by atoms with van der Waals surface area (Å²) in [6.45, 7) is 0.596. The maximum absolute atomic E-state index is 12.4. The van der Waals surface area contributed by atoms with Crippen molar-refractivity contribution in [2.75, 3.05) is 6.54 Å². The van der Waals surface area contributed by atoms with Crippen LogP contribution in [0, 0.1) is 11.3 Å². The first-order valence-corrected chi connectivity index (χ1v) is 6.60. The summed E-state index contributed by atoms with van der Waals surface area (Å²) in [4.78, 5) is 24.9. The Hall–Kier alpha value is -2.35. The first-order valence-electron chi connectivity index (χ1n) is 6.60. The Labute approximate surface area is 117 Å². The van der Waals surface area contributed by atoms with E-state index in [0.717, 1.165) is 18.4 Å². The van der Waals surface area contributed by atoms with Crippen LogP contribution in [0.25, 0.3) is 0 Å². The summed E-state index contributed by atoms with van der Waals surface area (Å²) in [5, 5.41) is 17.6. The van der Waals surface area contributed by atoms with Crippen LogP contribution in [0.1, 0.15) is 35.2 Å². The van der Waals surface area contributed by atoms with Gasteiger partial charge in [0.2, 0.25) is 0 Å². The van der Waals surface area contributed by atoms with Crippen molar-refractivity contribution in [1.82, 2.24) is 4.90 Å². The van der Waals surface area contributed by atoms with Crippen molar-refractivity contribution in [3.63, 3.8) is 0 Å². The Balaban J connectivity index is 2.16. The lowest BCUT2D eigenvalue weighted by Gasteiger charge is -2.23. The second-order valence-electron chi connectivity index (χ2n) is 4.93. The number of carboxylic acids is 1. The van der Waals surface area contributed by atoms with Crippen LogP contribution >= 0.6 is 0 Å². The van der Waals surface area contributed by atoms with Crippen LogP contribution in [0.4, 0.5) is 0 Å². The van der Waals surface area contributed by atoms with Crippen LogP contribution in [0.3, 0.4) is 0 Å². The highest BCUT2D eigenvalue weighted by Gasteiger charge is 2.30. The predicted molar refractivity (Wildman–Crippen MR) is 72.1 cm³/mol. The summed E-state index contributed by atoms with van der Waals surface area (Å²) in [6.07, 6.45) is 1.82. The van der Waals surface area contributed by atoms with Crippen molar-refractivity contribution in [3.8, 4) is 6.07 Å². The zero-order chi connectivity index (χ0) is 14.5. The van der Waals surface area contributed by atoms with Crippen LogP contribution in [-0.4, -0.2) is 34.5 Å². The van der Waals surface area contributed by atoms with Gasteiger partial charge in [-0.05, 0) is 30.5 Å². The molecule has 0 unspecified atom stereocenters.